The molecule has 3 aromatic carbocycles. The minimum absolute atomic E-state index is 0.260. The zero-order chi connectivity index (χ0) is 20.3. The fourth-order valence-electron chi connectivity index (χ4n) is 4.24. The first-order valence-electron chi connectivity index (χ1n) is 9.98. The number of ether oxygens (including phenoxy) is 1. The van der Waals surface area contributed by atoms with Gasteiger partial charge in [-0.05, 0) is 22.3 Å². The van der Waals surface area contributed by atoms with E-state index >= 15 is 0 Å². The van der Waals surface area contributed by atoms with Crippen LogP contribution in [0.15, 0.2) is 103 Å². The van der Waals surface area contributed by atoms with Crippen LogP contribution in [0.4, 0.5) is 0 Å². The van der Waals surface area contributed by atoms with E-state index in [-0.39, 0.29) is 12.5 Å². The van der Waals surface area contributed by atoms with Gasteiger partial charge in [0.2, 0.25) is 0 Å². The molecule has 3 atom stereocenters. The summed E-state index contributed by atoms with van der Waals surface area (Å²) in [5.41, 5.74) is 2.83. The molecule has 29 heavy (non-hydrogen) atoms. The molecule has 1 aliphatic carbocycles. The predicted molar refractivity (Wildman–Crippen MR) is 114 cm³/mol. The second-order valence-corrected chi connectivity index (χ2v) is 7.59. The summed E-state index contributed by atoms with van der Waals surface area (Å²) in [7, 11) is 0. The fraction of sp³-hybridized carbons (Fsp3) is 0.231. The molecular formula is C26H26O3. The van der Waals surface area contributed by atoms with E-state index in [1.54, 1.807) is 0 Å². The highest BCUT2D eigenvalue weighted by Crippen LogP contribution is 2.42. The van der Waals surface area contributed by atoms with Crippen LogP contribution in [0.1, 0.15) is 23.1 Å². The minimum Gasteiger partial charge on any atom is -0.392 e. The quantitative estimate of drug-likeness (QED) is 0.491. The third-order valence-corrected chi connectivity index (χ3v) is 5.85. The van der Waals surface area contributed by atoms with Crippen LogP contribution < -0.4 is 0 Å². The fourth-order valence-corrected chi connectivity index (χ4v) is 4.24. The van der Waals surface area contributed by atoms with Gasteiger partial charge in [-0.3, -0.25) is 0 Å². The van der Waals surface area contributed by atoms with E-state index in [0.717, 1.165) is 16.7 Å². The van der Waals surface area contributed by atoms with E-state index < -0.39 is 17.8 Å². The Balaban J connectivity index is 1.83. The van der Waals surface area contributed by atoms with Crippen LogP contribution in [0.3, 0.4) is 0 Å². The Kier molecular flexibility index (Phi) is 5.63. The molecule has 3 heteroatoms. The average molecular weight is 386 g/mol. The molecule has 0 saturated heterocycles. The smallest absolute Gasteiger partial charge is 0.143 e. The molecule has 3 nitrogen and oxygen atoms in total. The Morgan fingerprint density at radius 2 is 1.17 bits per heavy atom. The third-order valence-electron chi connectivity index (χ3n) is 5.85. The largest absolute Gasteiger partial charge is 0.392 e. The lowest BCUT2D eigenvalue weighted by molar-refractivity contribution is -0.0223. The van der Waals surface area contributed by atoms with Crippen molar-refractivity contribution >= 4 is 0 Å². The van der Waals surface area contributed by atoms with Gasteiger partial charge >= 0.3 is 0 Å². The Labute approximate surface area is 171 Å². The predicted octanol–water partition coefficient (Wildman–Crippen LogP) is 4.29. The number of aliphatic hydroxyl groups excluding tert-OH is 2. The Hall–Kier alpha value is -2.72. The molecular weight excluding hydrogens is 360 g/mol. The van der Waals surface area contributed by atoms with Crippen molar-refractivity contribution in [2.24, 2.45) is 5.92 Å². The highest BCUT2D eigenvalue weighted by Gasteiger charge is 2.41. The van der Waals surface area contributed by atoms with Crippen molar-refractivity contribution in [3.8, 4) is 0 Å². The first kappa shape index (κ1) is 19.6. The van der Waals surface area contributed by atoms with Gasteiger partial charge in [-0.2, -0.15) is 0 Å². The summed E-state index contributed by atoms with van der Waals surface area (Å²) in [5.74, 6) is -0.305. The van der Waals surface area contributed by atoms with Crippen molar-refractivity contribution in [1.82, 2.24) is 0 Å². The van der Waals surface area contributed by atoms with Gasteiger partial charge in [-0.15, -0.1) is 0 Å². The number of rotatable bonds is 6. The highest BCUT2D eigenvalue weighted by molar-refractivity contribution is 5.47. The molecule has 0 bridgehead atoms. The SMILES string of the molecule is C=C1[C@H](O)C[C@H](O)[C@H]1COC(c1ccccc1)(c1ccccc1)c1ccccc1. The lowest BCUT2D eigenvalue weighted by Crippen LogP contribution is -2.36. The van der Waals surface area contributed by atoms with Crippen molar-refractivity contribution in [3.05, 3.63) is 120 Å². The molecule has 3 aromatic rings. The average Bonchev–Trinajstić information content (AvgIpc) is 3.02. The van der Waals surface area contributed by atoms with Gasteiger partial charge in [0.15, 0.2) is 0 Å². The molecule has 0 aromatic heterocycles. The Morgan fingerprint density at radius 1 is 0.759 bits per heavy atom. The summed E-state index contributed by atoms with van der Waals surface area (Å²) in [5, 5.41) is 20.5. The van der Waals surface area contributed by atoms with Crippen molar-refractivity contribution < 1.29 is 14.9 Å². The summed E-state index contributed by atoms with van der Waals surface area (Å²) in [6.07, 6.45) is -1.03. The molecule has 148 valence electrons. The number of aliphatic hydroxyl groups is 2. The maximum absolute atomic E-state index is 10.4. The van der Waals surface area contributed by atoms with E-state index in [1.807, 2.05) is 54.6 Å². The van der Waals surface area contributed by atoms with Crippen molar-refractivity contribution in [2.75, 3.05) is 6.61 Å². The monoisotopic (exact) mass is 386 g/mol. The summed E-state index contributed by atoms with van der Waals surface area (Å²) >= 11 is 0. The van der Waals surface area contributed by atoms with Crippen LogP contribution in [0.25, 0.3) is 0 Å². The lowest BCUT2D eigenvalue weighted by atomic mass is 9.80. The van der Waals surface area contributed by atoms with E-state index in [9.17, 15) is 10.2 Å². The first-order chi connectivity index (χ1) is 14.1. The second kappa shape index (κ2) is 8.34. The lowest BCUT2D eigenvalue weighted by Gasteiger charge is -2.37. The minimum atomic E-state index is -0.836. The first-order valence-corrected chi connectivity index (χ1v) is 9.98. The van der Waals surface area contributed by atoms with Crippen LogP contribution in [0.5, 0.6) is 0 Å². The summed E-state index contributed by atoms with van der Waals surface area (Å²) in [6, 6.07) is 30.4. The maximum Gasteiger partial charge on any atom is 0.143 e. The van der Waals surface area contributed by atoms with Gasteiger partial charge in [0.1, 0.15) is 5.60 Å². The molecule has 0 unspecified atom stereocenters. The van der Waals surface area contributed by atoms with Gasteiger partial charge in [0.05, 0.1) is 18.8 Å². The maximum atomic E-state index is 10.4. The van der Waals surface area contributed by atoms with Crippen molar-refractivity contribution in [1.29, 1.82) is 0 Å². The third kappa shape index (κ3) is 3.65. The van der Waals surface area contributed by atoms with E-state index in [1.165, 1.54) is 0 Å². The number of hydrogen-bond acceptors (Lipinski definition) is 3. The zero-order valence-corrected chi connectivity index (χ0v) is 16.3. The molecule has 0 spiro atoms. The van der Waals surface area contributed by atoms with Crippen LogP contribution in [0.2, 0.25) is 0 Å². The molecule has 4 rings (SSSR count). The van der Waals surface area contributed by atoms with Gasteiger partial charge < -0.3 is 14.9 Å². The standard InChI is InChI=1S/C26H26O3/c1-19-23(25(28)17-24(19)27)18-29-26(20-11-5-2-6-12-20,21-13-7-3-8-14-21)22-15-9-4-10-16-22/h2-16,23-25,27-28H,1,17-18H2/t23-,24+,25-/m0/s1. The number of benzene rings is 3. The second-order valence-electron chi connectivity index (χ2n) is 7.59. The molecule has 0 radical (unpaired) electrons. The summed E-state index contributed by atoms with van der Waals surface area (Å²) in [6.45, 7) is 4.26. The molecule has 2 N–H and O–H groups in total. The summed E-state index contributed by atoms with van der Waals surface area (Å²) in [4.78, 5) is 0. The van der Waals surface area contributed by atoms with Crippen LogP contribution in [0, 0.1) is 5.92 Å². The summed E-state index contributed by atoms with van der Waals surface area (Å²) < 4.78 is 6.73. The zero-order valence-electron chi connectivity index (χ0n) is 16.3. The molecule has 1 aliphatic rings. The van der Waals surface area contributed by atoms with Crippen LogP contribution in [-0.4, -0.2) is 29.0 Å². The van der Waals surface area contributed by atoms with E-state index in [2.05, 4.69) is 43.0 Å². The molecule has 0 amide bonds. The van der Waals surface area contributed by atoms with Gasteiger partial charge in [-0.1, -0.05) is 97.6 Å². The van der Waals surface area contributed by atoms with Crippen molar-refractivity contribution in [3.63, 3.8) is 0 Å². The van der Waals surface area contributed by atoms with Crippen LogP contribution in [-0.2, 0) is 10.3 Å². The number of hydrogen-bond donors (Lipinski definition) is 2. The van der Waals surface area contributed by atoms with E-state index in [4.69, 9.17) is 4.74 Å². The molecule has 1 fully saturated rings. The normalized spacial score (nSPS) is 22.0. The van der Waals surface area contributed by atoms with Gasteiger partial charge in [0, 0.05) is 12.3 Å². The molecule has 0 aliphatic heterocycles. The van der Waals surface area contributed by atoms with Gasteiger partial charge in [-0.25, -0.2) is 0 Å². The topological polar surface area (TPSA) is 49.7 Å². The van der Waals surface area contributed by atoms with E-state index in [0.29, 0.717) is 12.0 Å². The molecule has 1 saturated carbocycles. The Morgan fingerprint density at radius 3 is 1.52 bits per heavy atom. The van der Waals surface area contributed by atoms with Gasteiger partial charge in [0.25, 0.3) is 0 Å². The molecule has 0 heterocycles. The van der Waals surface area contributed by atoms with Crippen molar-refractivity contribution in [2.45, 2.75) is 24.2 Å². The van der Waals surface area contributed by atoms with Crippen LogP contribution >= 0.6 is 0 Å². The Bertz CT molecular complexity index is 841. The highest BCUT2D eigenvalue weighted by atomic mass is 16.5.